The van der Waals surface area contributed by atoms with Crippen molar-refractivity contribution in [1.29, 1.82) is 0 Å². The summed E-state index contributed by atoms with van der Waals surface area (Å²) in [6.45, 7) is 7.70. The minimum absolute atomic E-state index is 0.113. The highest BCUT2D eigenvalue weighted by atomic mass is 35.5. The van der Waals surface area contributed by atoms with E-state index in [4.69, 9.17) is 21.1 Å². The van der Waals surface area contributed by atoms with Gasteiger partial charge in [-0.15, -0.1) is 0 Å². The number of hydrogen-bond donors (Lipinski definition) is 2. The first-order valence-electron chi connectivity index (χ1n) is 12.5. The van der Waals surface area contributed by atoms with Crippen LogP contribution in [-0.2, 0) is 19.3 Å². The summed E-state index contributed by atoms with van der Waals surface area (Å²) in [5.74, 6) is 0.894. The van der Waals surface area contributed by atoms with Gasteiger partial charge in [0.05, 0.1) is 35.6 Å². The minimum Gasteiger partial charge on any atom is -0.373 e. The van der Waals surface area contributed by atoms with Crippen LogP contribution in [0.1, 0.15) is 69.7 Å². The molecule has 0 aliphatic carbocycles. The van der Waals surface area contributed by atoms with Crippen LogP contribution in [0.25, 0.3) is 11.2 Å². The standard InChI is InChI=1S/C26H33ClN4O4S/c1-16-28-24-19(14-22(27)30-25(24)31(16)23-7-5-6-12-34-23)29-18-9-8-17(13-21(18)36(4,32)33)20-10-11-26(2,3)15-35-20/h8-9,13-14,20,23H,5-7,10-12,15H2,1-4H3,(H,29,30)/p+1. The largest absolute Gasteiger partial charge is 0.373 e. The molecule has 0 bridgehead atoms. The Balaban J connectivity index is 1.53. The number of ether oxygens (including phenoxy) is 2. The number of anilines is 2. The molecule has 0 radical (unpaired) electrons. The smallest absolute Gasteiger partial charge is 0.307 e. The number of sulfone groups is 1. The molecule has 10 heteroatoms. The second-order valence-electron chi connectivity index (χ2n) is 10.7. The molecule has 4 heterocycles. The second-order valence-corrected chi connectivity index (χ2v) is 13.1. The van der Waals surface area contributed by atoms with Gasteiger partial charge in [0.1, 0.15) is 0 Å². The Morgan fingerprint density at radius 2 is 1.97 bits per heavy atom. The molecule has 36 heavy (non-hydrogen) atoms. The average molecular weight is 534 g/mol. The predicted molar refractivity (Wildman–Crippen MR) is 139 cm³/mol. The number of H-pyrrole nitrogens is 1. The van der Waals surface area contributed by atoms with E-state index in [2.05, 4.69) is 29.1 Å². The van der Waals surface area contributed by atoms with Crippen LogP contribution in [0.4, 0.5) is 11.4 Å². The topological polar surface area (TPSA) is 97.2 Å². The third-order valence-electron chi connectivity index (χ3n) is 7.11. The van der Waals surface area contributed by atoms with Gasteiger partial charge in [-0.3, -0.25) is 4.98 Å². The third kappa shape index (κ3) is 5.11. The lowest BCUT2D eigenvalue weighted by Gasteiger charge is -2.34. The summed E-state index contributed by atoms with van der Waals surface area (Å²) in [6.07, 6.45) is 5.91. The number of aromatic amines is 1. The van der Waals surface area contributed by atoms with Crippen molar-refractivity contribution in [3.8, 4) is 0 Å². The van der Waals surface area contributed by atoms with Gasteiger partial charge in [-0.2, -0.15) is 0 Å². The summed E-state index contributed by atoms with van der Waals surface area (Å²) < 4.78 is 39.8. The van der Waals surface area contributed by atoms with Crippen LogP contribution in [0.5, 0.6) is 0 Å². The first kappa shape index (κ1) is 25.4. The number of aromatic nitrogens is 3. The molecule has 8 nitrogen and oxygen atoms in total. The fourth-order valence-electron chi connectivity index (χ4n) is 5.14. The Labute approximate surface area is 217 Å². The van der Waals surface area contributed by atoms with E-state index in [1.54, 1.807) is 12.1 Å². The molecular formula is C26H34ClN4O4S+. The molecule has 1 aromatic carbocycles. The number of hydrogen-bond acceptors (Lipinski definition) is 6. The molecule has 2 unspecified atom stereocenters. The first-order valence-corrected chi connectivity index (χ1v) is 14.7. The maximum absolute atomic E-state index is 12.8. The summed E-state index contributed by atoms with van der Waals surface area (Å²) in [6, 6.07) is 7.19. The monoisotopic (exact) mass is 533 g/mol. The van der Waals surface area contributed by atoms with Crippen LogP contribution in [-0.4, -0.2) is 37.9 Å². The summed E-state index contributed by atoms with van der Waals surface area (Å²) in [5.41, 5.74) is 3.55. The summed E-state index contributed by atoms with van der Waals surface area (Å²) in [4.78, 5) is 8.20. The highest BCUT2D eigenvalue weighted by Crippen LogP contribution is 2.39. The Morgan fingerprint density at radius 3 is 2.64 bits per heavy atom. The number of rotatable bonds is 5. The van der Waals surface area contributed by atoms with Crippen molar-refractivity contribution in [1.82, 2.24) is 9.97 Å². The first-order chi connectivity index (χ1) is 17.0. The van der Waals surface area contributed by atoms with Gasteiger partial charge in [-0.1, -0.05) is 24.9 Å². The molecular weight excluding hydrogens is 500 g/mol. The highest BCUT2D eigenvalue weighted by molar-refractivity contribution is 7.90. The third-order valence-corrected chi connectivity index (χ3v) is 8.44. The maximum Gasteiger partial charge on any atom is 0.307 e. The molecule has 2 saturated heterocycles. The fourth-order valence-corrected chi connectivity index (χ4v) is 6.20. The molecule has 0 spiro atoms. The van der Waals surface area contributed by atoms with Gasteiger partial charge < -0.3 is 14.8 Å². The van der Waals surface area contributed by atoms with Crippen molar-refractivity contribution >= 4 is 44.0 Å². The van der Waals surface area contributed by atoms with E-state index >= 15 is 0 Å². The van der Waals surface area contributed by atoms with Crippen molar-refractivity contribution in [3.05, 3.63) is 40.8 Å². The molecule has 0 amide bonds. The molecule has 2 fully saturated rings. The van der Waals surface area contributed by atoms with Gasteiger partial charge in [0.2, 0.25) is 11.0 Å². The number of pyridine rings is 1. The molecule has 2 atom stereocenters. The second kappa shape index (κ2) is 9.59. The molecule has 2 N–H and O–H groups in total. The Hall–Kier alpha value is -2.20. The normalized spacial score (nSPS) is 22.6. The zero-order valence-electron chi connectivity index (χ0n) is 21.2. The van der Waals surface area contributed by atoms with E-state index in [1.165, 1.54) is 6.26 Å². The van der Waals surface area contributed by atoms with Crippen LogP contribution in [0.3, 0.4) is 0 Å². The predicted octanol–water partition coefficient (Wildman–Crippen LogP) is 5.54. The minimum atomic E-state index is -3.52. The number of nitrogens with one attached hydrogen (secondary N) is 2. The van der Waals surface area contributed by atoms with Crippen molar-refractivity contribution in [2.75, 3.05) is 24.8 Å². The van der Waals surface area contributed by atoms with E-state index in [0.29, 0.717) is 35.4 Å². The van der Waals surface area contributed by atoms with Crippen LogP contribution in [0.2, 0.25) is 5.15 Å². The van der Waals surface area contributed by atoms with Gasteiger partial charge in [-0.25, -0.2) is 13.0 Å². The Morgan fingerprint density at radius 1 is 1.17 bits per heavy atom. The van der Waals surface area contributed by atoms with E-state index < -0.39 is 9.84 Å². The Bertz CT molecular complexity index is 1390. The van der Waals surface area contributed by atoms with Crippen LogP contribution >= 0.6 is 11.6 Å². The van der Waals surface area contributed by atoms with Gasteiger partial charge in [0.15, 0.2) is 21.6 Å². The molecule has 2 aromatic heterocycles. The molecule has 194 valence electrons. The highest BCUT2D eigenvalue weighted by Gasteiger charge is 2.31. The Kier molecular flexibility index (Phi) is 6.78. The number of imidazole rings is 1. The van der Waals surface area contributed by atoms with Gasteiger partial charge in [-0.05, 0) is 60.4 Å². The van der Waals surface area contributed by atoms with E-state index in [1.807, 2.05) is 23.6 Å². The lowest BCUT2D eigenvalue weighted by Crippen LogP contribution is -2.44. The summed E-state index contributed by atoms with van der Waals surface area (Å²) in [5, 5.41) is 3.63. The van der Waals surface area contributed by atoms with Gasteiger partial charge >= 0.3 is 5.65 Å². The zero-order chi connectivity index (χ0) is 25.7. The number of nitrogens with zero attached hydrogens (tertiary/aromatic N) is 2. The fraction of sp³-hybridized carbons (Fsp3) is 0.538. The number of benzene rings is 1. The summed E-state index contributed by atoms with van der Waals surface area (Å²) >= 11 is 6.44. The lowest BCUT2D eigenvalue weighted by molar-refractivity contribution is -0.749. The molecule has 5 rings (SSSR count). The molecule has 3 aromatic rings. The van der Waals surface area contributed by atoms with Crippen molar-refractivity contribution < 1.29 is 22.5 Å². The van der Waals surface area contributed by atoms with Crippen LogP contribution in [0.15, 0.2) is 29.2 Å². The quantitative estimate of drug-likeness (QED) is 0.330. The van der Waals surface area contributed by atoms with Crippen molar-refractivity contribution in [2.45, 2.75) is 70.1 Å². The zero-order valence-corrected chi connectivity index (χ0v) is 22.8. The number of fused-ring (bicyclic) bond motifs is 1. The van der Waals surface area contributed by atoms with Crippen molar-refractivity contribution in [3.63, 3.8) is 0 Å². The van der Waals surface area contributed by atoms with Crippen LogP contribution in [0, 0.1) is 12.3 Å². The van der Waals surface area contributed by atoms with Crippen LogP contribution < -0.4 is 9.88 Å². The van der Waals surface area contributed by atoms with E-state index in [-0.39, 0.29) is 22.6 Å². The maximum atomic E-state index is 12.8. The number of halogens is 1. The van der Waals surface area contributed by atoms with E-state index in [0.717, 1.165) is 49.0 Å². The van der Waals surface area contributed by atoms with Crippen molar-refractivity contribution in [2.24, 2.45) is 5.41 Å². The molecule has 0 saturated carbocycles. The summed E-state index contributed by atoms with van der Waals surface area (Å²) in [7, 11) is -3.52. The number of aryl methyl sites for hydroxylation is 1. The van der Waals surface area contributed by atoms with E-state index in [9.17, 15) is 8.42 Å². The molecule has 2 aliphatic heterocycles. The average Bonchev–Trinajstić information content (AvgIpc) is 3.15. The van der Waals surface area contributed by atoms with Gasteiger partial charge in [0.25, 0.3) is 0 Å². The SMILES string of the molecule is Cc1[nH]c2c(Nc3ccc(C4CCC(C)(C)CO4)cc3S(C)(=O)=O)cc(Cl)nc2[n+]1C1CCCCO1. The lowest BCUT2D eigenvalue weighted by atomic mass is 9.84. The van der Waals surface area contributed by atoms with Gasteiger partial charge in [0, 0.05) is 25.7 Å². The molecule has 2 aliphatic rings.